The van der Waals surface area contributed by atoms with Gasteiger partial charge in [-0.1, -0.05) is 0 Å². The van der Waals surface area contributed by atoms with E-state index in [0.717, 1.165) is 25.9 Å². The summed E-state index contributed by atoms with van der Waals surface area (Å²) < 4.78 is 4.74. The second kappa shape index (κ2) is 7.04. The molecule has 20 heavy (non-hydrogen) atoms. The summed E-state index contributed by atoms with van der Waals surface area (Å²) in [5, 5.41) is 2.84. The van der Waals surface area contributed by atoms with Crippen LogP contribution in [-0.2, 0) is 14.3 Å². The van der Waals surface area contributed by atoms with E-state index in [2.05, 4.69) is 31.0 Å². The first-order chi connectivity index (χ1) is 9.25. The van der Waals surface area contributed by atoms with Crippen molar-refractivity contribution in [3.63, 3.8) is 0 Å². The summed E-state index contributed by atoms with van der Waals surface area (Å²) in [6.07, 6.45) is 1.75. The Bertz CT molecular complexity index is 344. The molecule has 6 nitrogen and oxygen atoms in total. The lowest BCUT2D eigenvalue weighted by Crippen LogP contribution is -2.54. The molecule has 1 aliphatic heterocycles. The number of carbonyl (C=O) groups is 2. The van der Waals surface area contributed by atoms with Gasteiger partial charge in [-0.05, 0) is 40.5 Å². The van der Waals surface area contributed by atoms with Gasteiger partial charge in [-0.15, -0.1) is 0 Å². The maximum absolute atomic E-state index is 11.9. The van der Waals surface area contributed by atoms with Crippen molar-refractivity contribution in [1.82, 2.24) is 10.2 Å². The molecule has 0 radical (unpaired) electrons. The lowest BCUT2D eigenvalue weighted by molar-refractivity contribution is -0.148. The molecule has 1 atom stereocenters. The lowest BCUT2D eigenvalue weighted by atomic mass is 9.98. The predicted octanol–water partition coefficient (Wildman–Crippen LogP) is 0.256. The van der Waals surface area contributed by atoms with Crippen molar-refractivity contribution in [2.75, 3.05) is 19.7 Å². The smallest absolute Gasteiger partial charge is 0.332 e. The van der Waals surface area contributed by atoms with Crippen molar-refractivity contribution in [3.05, 3.63) is 0 Å². The molecule has 1 fully saturated rings. The molecule has 1 saturated heterocycles. The number of rotatable bonds is 4. The third kappa shape index (κ3) is 4.76. The maximum atomic E-state index is 11.9. The Morgan fingerprint density at radius 1 is 1.35 bits per heavy atom. The highest BCUT2D eigenvalue weighted by Crippen LogP contribution is 2.20. The molecule has 0 aromatic rings. The Balaban J connectivity index is 2.40. The van der Waals surface area contributed by atoms with Crippen LogP contribution in [0, 0.1) is 0 Å². The molecule has 0 aliphatic carbocycles. The predicted molar refractivity (Wildman–Crippen MR) is 77.1 cm³/mol. The summed E-state index contributed by atoms with van der Waals surface area (Å²) in [7, 11) is 0. The van der Waals surface area contributed by atoms with E-state index in [0.29, 0.717) is 0 Å². The summed E-state index contributed by atoms with van der Waals surface area (Å²) in [5.74, 6) is -1.12. The maximum Gasteiger partial charge on any atom is 0.332 e. The Kier molecular flexibility index (Phi) is 5.95. The van der Waals surface area contributed by atoms with Crippen LogP contribution >= 0.6 is 0 Å². The summed E-state index contributed by atoms with van der Waals surface area (Å²) in [6.45, 7) is 10.3. The lowest BCUT2D eigenvalue weighted by Gasteiger charge is -2.41. The van der Waals surface area contributed by atoms with E-state index in [-0.39, 0.29) is 18.2 Å². The van der Waals surface area contributed by atoms with Gasteiger partial charge in [0, 0.05) is 24.7 Å². The number of nitrogens with two attached hydrogens (primary N) is 1. The molecule has 1 rings (SSSR count). The number of hydrogen-bond donors (Lipinski definition) is 2. The van der Waals surface area contributed by atoms with E-state index in [9.17, 15) is 9.59 Å². The van der Waals surface area contributed by atoms with Gasteiger partial charge in [-0.2, -0.15) is 0 Å². The molecule has 6 heteroatoms. The molecule has 1 amide bonds. The Labute approximate surface area is 121 Å². The van der Waals surface area contributed by atoms with Crippen molar-refractivity contribution in [2.24, 2.45) is 5.73 Å². The van der Waals surface area contributed by atoms with Crippen LogP contribution in [0.1, 0.15) is 40.5 Å². The molecule has 1 unspecified atom stereocenters. The van der Waals surface area contributed by atoms with Crippen LogP contribution in [0.25, 0.3) is 0 Å². The molecular formula is C14H27N3O3. The van der Waals surface area contributed by atoms with Crippen molar-refractivity contribution in [2.45, 2.75) is 58.2 Å². The van der Waals surface area contributed by atoms with Gasteiger partial charge < -0.3 is 15.8 Å². The summed E-state index contributed by atoms with van der Waals surface area (Å²) in [6, 6.07) is -1.14. The van der Waals surface area contributed by atoms with Crippen LogP contribution in [-0.4, -0.2) is 54.1 Å². The van der Waals surface area contributed by atoms with E-state index >= 15 is 0 Å². The van der Waals surface area contributed by atoms with E-state index in [1.54, 1.807) is 6.92 Å². The monoisotopic (exact) mass is 285 g/mol. The number of nitrogens with one attached hydrogen (secondary N) is 1. The van der Waals surface area contributed by atoms with Crippen LogP contribution in [0.15, 0.2) is 0 Å². The molecule has 1 aliphatic rings. The van der Waals surface area contributed by atoms with Crippen molar-refractivity contribution in [3.8, 4) is 0 Å². The van der Waals surface area contributed by atoms with Gasteiger partial charge in [-0.25, -0.2) is 4.79 Å². The van der Waals surface area contributed by atoms with E-state index in [1.165, 1.54) is 0 Å². The van der Waals surface area contributed by atoms with Crippen molar-refractivity contribution >= 4 is 11.9 Å². The van der Waals surface area contributed by atoms with Crippen LogP contribution in [0.3, 0.4) is 0 Å². The van der Waals surface area contributed by atoms with Crippen LogP contribution in [0.2, 0.25) is 0 Å². The molecule has 0 aromatic heterocycles. The number of ether oxygens (including phenoxy) is 1. The SMILES string of the molecule is CCOC(=O)C(N)C(=O)NC1CCN(C(C)(C)C)CC1. The van der Waals surface area contributed by atoms with Crippen molar-refractivity contribution < 1.29 is 14.3 Å². The quantitative estimate of drug-likeness (QED) is 0.571. The number of esters is 1. The summed E-state index contributed by atoms with van der Waals surface area (Å²) in [4.78, 5) is 25.6. The van der Waals surface area contributed by atoms with Gasteiger partial charge in [-0.3, -0.25) is 9.69 Å². The van der Waals surface area contributed by atoms with Gasteiger partial charge in [0.2, 0.25) is 5.91 Å². The normalized spacial score (nSPS) is 19.4. The number of amides is 1. The molecule has 0 spiro atoms. The molecule has 1 heterocycles. The Morgan fingerprint density at radius 2 is 1.90 bits per heavy atom. The zero-order valence-corrected chi connectivity index (χ0v) is 12.9. The number of piperidine rings is 1. The third-order valence-electron chi connectivity index (χ3n) is 3.61. The first-order valence-electron chi connectivity index (χ1n) is 7.23. The number of hydrogen-bond acceptors (Lipinski definition) is 5. The fraction of sp³-hybridized carbons (Fsp3) is 0.857. The van der Waals surface area contributed by atoms with E-state index < -0.39 is 17.9 Å². The van der Waals surface area contributed by atoms with E-state index in [1.807, 2.05) is 0 Å². The van der Waals surface area contributed by atoms with Gasteiger partial charge in [0.05, 0.1) is 6.61 Å². The van der Waals surface area contributed by atoms with Crippen molar-refractivity contribution in [1.29, 1.82) is 0 Å². The molecule has 3 N–H and O–H groups in total. The Hall–Kier alpha value is -1.14. The second-order valence-corrected chi connectivity index (χ2v) is 6.17. The van der Waals surface area contributed by atoms with Gasteiger partial charge in [0.25, 0.3) is 0 Å². The van der Waals surface area contributed by atoms with Gasteiger partial charge in [0.15, 0.2) is 6.04 Å². The van der Waals surface area contributed by atoms with E-state index in [4.69, 9.17) is 10.5 Å². The highest BCUT2D eigenvalue weighted by molar-refractivity contribution is 6.01. The topological polar surface area (TPSA) is 84.7 Å². The number of nitrogens with zero attached hydrogens (tertiary/aromatic N) is 1. The second-order valence-electron chi connectivity index (χ2n) is 6.17. The highest BCUT2D eigenvalue weighted by Gasteiger charge is 2.30. The molecule has 116 valence electrons. The first-order valence-corrected chi connectivity index (χ1v) is 7.23. The summed E-state index contributed by atoms with van der Waals surface area (Å²) >= 11 is 0. The van der Waals surface area contributed by atoms with Crippen LogP contribution in [0.4, 0.5) is 0 Å². The minimum Gasteiger partial charge on any atom is -0.464 e. The highest BCUT2D eigenvalue weighted by atomic mass is 16.5. The van der Waals surface area contributed by atoms with Gasteiger partial charge in [0.1, 0.15) is 0 Å². The molecule has 0 saturated carbocycles. The third-order valence-corrected chi connectivity index (χ3v) is 3.61. The van der Waals surface area contributed by atoms with Gasteiger partial charge >= 0.3 is 5.97 Å². The van der Waals surface area contributed by atoms with Crippen LogP contribution < -0.4 is 11.1 Å². The minimum atomic E-state index is -1.23. The average Bonchev–Trinajstić information content (AvgIpc) is 2.37. The number of likely N-dealkylation sites (tertiary alicyclic amines) is 1. The fourth-order valence-corrected chi connectivity index (χ4v) is 2.32. The Morgan fingerprint density at radius 3 is 2.35 bits per heavy atom. The van der Waals surface area contributed by atoms with Crippen LogP contribution in [0.5, 0.6) is 0 Å². The molecule has 0 aromatic carbocycles. The number of carbonyl (C=O) groups excluding carboxylic acids is 2. The standard InChI is InChI=1S/C14H27N3O3/c1-5-20-13(19)11(15)12(18)16-10-6-8-17(9-7-10)14(2,3)4/h10-11H,5-9,15H2,1-4H3,(H,16,18). The zero-order valence-electron chi connectivity index (χ0n) is 12.9. The molecule has 0 bridgehead atoms. The fourth-order valence-electron chi connectivity index (χ4n) is 2.32. The largest absolute Gasteiger partial charge is 0.464 e. The molecular weight excluding hydrogens is 258 g/mol. The minimum absolute atomic E-state index is 0.0848. The summed E-state index contributed by atoms with van der Waals surface area (Å²) in [5.41, 5.74) is 5.71. The zero-order chi connectivity index (χ0) is 15.3. The average molecular weight is 285 g/mol. The first kappa shape index (κ1) is 16.9.